The van der Waals surface area contributed by atoms with Crippen LogP contribution in [0.5, 0.6) is 0 Å². The Kier molecular flexibility index (Phi) is 5.64. The summed E-state index contributed by atoms with van der Waals surface area (Å²) in [5.41, 5.74) is 0.531. The van der Waals surface area contributed by atoms with Gasteiger partial charge in [-0.1, -0.05) is 36.8 Å². The van der Waals surface area contributed by atoms with Gasteiger partial charge in [0.05, 0.1) is 5.92 Å². The standard InChI is InChI=1S/C18H26N2O3/c1-18(2,3)23-17(22)20-15-11-7-10-14(15)16(21)19-12-13-8-5-4-6-9-13/h4-6,8-9,14-15H,7,10-12H2,1-3H3,(H,19,21)(H,20,22). The Hall–Kier alpha value is -2.04. The van der Waals surface area contributed by atoms with Crippen LogP contribution in [0, 0.1) is 5.92 Å². The highest BCUT2D eigenvalue weighted by atomic mass is 16.6. The van der Waals surface area contributed by atoms with Crippen molar-refractivity contribution in [1.82, 2.24) is 10.6 Å². The summed E-state index contributed by atoms with van der Waals surface area (Å²) in [7, 11) is 0. The molecular weight excluding hydrogens is 292 g/mol. The monoisotopic (exact) mass is 318 g/mol. The van der Waals surface area contributed by atoms with Crippen LogP contribution in [0.15, 0.2) is 30.3 Å². The number of hydrogen-bond donors (Lipinski definition) is 2. The first-order valence-electron chi connectivity index (χ1n) is 8.16. The minimum atomic E-state index is -0.534. The van der Waals surface area contributed by atoms with E-state index < -0.39 is 11.7 Å². The van der Waals surface area contributed by atoms with E-state index in [1.54, 1.807) is 0 Å². The van der Waals surface area contributed by atoms with Crippen molar-refractivity contribution in [3.63, 3.8) is 0 Å². The van der Waals surface area contributed by atoms with E-state index in [1.807, 2.05) is 51.1 Å². The zero-order chi connectivity index (χ0) is 16.9. The molecule has 2 amide bonds. The Balaban J connectivity index is 1.85. The van der Waals surface area contributed by atoms with Crippen LogP contribution in [0.2, 0.25) is 0 Å². The quantitative estimate of drug-likeness (QED) is 0.897. The molecule has 2 rings (SSSR count). The summed E-state index contributed by atoms with van der Waals surface area (Å²) in [5.74, 6) is -0.196. The lowest BCUT2D eigenvalue weighted by molar-refractivity contribution is -0.125. The van der Waals surface area contributed by atoms with E-state index in [0.29, 0.717) is 6.54 Å². The molecule has 1 saturated carbocycles. The van der Waals surface area contributed by atoms with Gasteiger partial charge in [-0.05, 0) is 39.2 Å². The van der Waals surface area contributed by atoms with Gasteiger partial charge >= 0.3 is 6.09 Å². The number of ether oxygens (including phenoxy) is 1. The lowest BCUT2D eigenvalue weighted by atomic mass is 10.0. The van der Waals surface area contributed by atoms with E-state index in [4.69, 9.17) is 4.74 Å². The van der Waals surface area contributed by atoms with Crippen molar-refractivity contribution < 1.29 is 14.3 Å². The van der Waals surface area contributed by atoms with Gasteiger partial charge in [0.1, 0.15) is 5.60 Å². The van der Waals surface area contributed by atoms with E-state index in [2.05, 4.69) is 10.6 Å². The van der Waals surface area contributed by atoms with Crippen LogP contribution >= 0.6 is 0 Å². The molecule has 2 N–H and O–H groups in total. The van der Waals surface area contributed by atoms with Crippen LogP contribution in [0.1, 0.15) is 45.6 Å². The molecule has 2 unspecified atom stereocenters. The molecule has 0 aromatic heterocycles. The van der Waals surface area contributed by atoms with Crippen LogP contribution in [-0.2, 0) is 16.1 Å². The maximum Gasteiger partial charge on any atom is 0.407 e. The smallest absolute Gasteiger partial charge is 0.407 e. The van der Waals surface area contributed by atoms with E-state index in [1.165, 1.54) is 0 Å². The molecule has 0 aliphatic heterocycles. The van der Waals surface area contributed by atoms with Crippen molar-refractivity contribution in [2.24, 2.45) is 5.92 Å². The predicted octanol–water partition coefficient (Wildman–Crippen LogP) is 3.00. The first kappa shape index (κ1) is 17.3. The number of carbonyl (C=O) groups excluding carboxylic acids is 2. The molecule has 0 spiro atoms. The van der Waals surface area contributed by atoms with Gasteiger partial charge in [0.25, 0.3) is 0 Å². The molecular formula is C18H26N2O3. The Morgan fingerprint density at radius 2 is 1.87 bits per heavy atom. The maximum absolute atomic E-state index is 12.4. The molecule has 1 aromatic rings. The predicted molar refractivity (Wildman–Crippen MR) is 88.8 cm³/mol. The average molecular weight is 318 g/mol. The largest absolute Gasteiger partial charge is 0.444 e. The van der Waals surface area contributed by atoms with Gasteiger partial charge in [0, 0.05) is 12.6 Å². The molecule has 0 bridgehead atoms. The van der Waals surface area contributed by atoms with Gasteiger partial charge in [-0.3, -0.25) is 4.79 Å². The van der Waals surface area contributed by atoms with Crippen molar-refractivity contribution >= 4 is 12.0 Å². The Morgan fingerprint density at radius 3 is 2.52 bits per heavy atom. The molecule has 2 atom stereocenters. The summed E-state index contributed by atoms with van der Waals surface area (Å²) in [6.07, 6.45) is 2.08. The number of carbonyl (C=O) groups is 2. The first-order chi connectivity index (χ1) is 10.8. The highest BCUT2D eigenvalue weighted by molar-refractivity contribution is 5.80. The van der Waals surface area contributed by atoms with Gasteiger partial charge in [-0.15, -0.1) is 0 Å². The summed E-state index contributed by atoms with van der Waals surface area (Å²) >= 11 is 0. The summed E-state index contributed by atoms with van der Waals surface area (Å²) in [5, 5.41) is 5.80. The van der Waals surface area contributed by atoms with Gasteiger partial charge in [-0.25, -0.2) is 4.79 Å². The van der Waals surface area contributed by atoms with Crippen molar-refractivity contribution in [2.75, 3.05) is 0 Å². The molecule has 0 radical (unpaired) electrons. The SMILES string of the molecule is CC(C)(C)OC(=O)NC1CCCC1C(=O)NCc1ccccc1. The third-order valence-electron chi connectivity index (χ3n) is 3.86. The van der Waals surface area contributed by atoms with Crippen LogP contribution < -0.4 is 10.6 Å². The molecule has 0 saturated heterocycles. The lowest BCUT2D eigenvalue weighted by Gasteiger charge is -2.24. The lowest BCUT2D eigenvalue weighted by Crippen LogP contribution is -2.45. The van der Waals surface area contributed by atoms with E-state index in [0.717, 1.165) is 24.8 Å². The summed E-state index contributed by atoms with van der Waals surface area (Å²) in [6, 6.07) is 9.65. The van der Waals surface area contributed by atoms with Crippen molar-refractivity contribution in [3.8, 4) is 0 Å². The van der Waals surface area contributed by atoms with Crippen LogP contribution in [0.25, 0.3) is 0 Å². The van der Waals surface area contributed by atoms with Crippen molar-refractivity contribution in [3.05, 3.63) is 35.9 Å². The normalized spacial score (nSPS) is 20.8. The molecule has 1 aliphatic carbocycles. The number of nitrogens with one attached hydrogen (secondary N) is 2. The molecule has 126 valence electrons. The highest BCUT2D eigenvalue weighted by Crippen LogP contribution is 2.26. The molecule has 5 heteroatoms. The number of alkyl carbamates (subject to hydrolysis) is 1. The van der Waals surface area contributed by atoms with E-state index in [-0.39, 0.29) is 17.9 Å². The number of benzene rings is 1. The number of rotatable bonds is 4. The highest BCUT2D eigenvalue weighted by Gasteiger charge is 2.34. The van der Waals surface area contributed by atoms with E-state index in [9.17, 15) is 9.59 Å². The number of hydrogen-bond acceptors (Lipinski definition) is 3. The van der Waals surface area contributed by atoms with Crippen LogP contribution in [0.4, 0.5) is 4.79 Å². The number of amides is 2. The third kappa shape index (κ3) is 5.58. The molecule has 1 aromatic carbocycles. The van der Waals surface area contributed by atoms with Crippen molar-refractivity contribution in [2.45, 2.75) is 58.2 Å². The van der Waals surface area contributed by atoms with E-state index >= 15 is 0 Å². The molecule has 1 aliphatic rings. The zero-order valence-corrected chi connectivity index (χ0v) is 14.1. The first-order valence-corrected chi connectivity index (χ1v) is 8.16. The molecule has 23 heavy (non-hydrogen) atoms. The van der Waals surface area contributed by atoms with Crippen LogP contribution in [-0.4, -0.2) is 23.6 Å². The minimum Gasteiger partial charge on any atom is -0.444 e. The second-order valence-electron chi connectivity index (χ2n) is 6.99. The second kappa shape index (κ2) is 7.49. The summed E-state index contributed by atoms with van der Waals surface area (Å²) < 4.78 is 5.28. The Labute approximate surface area is 137 Å². The van der Waals surface area contributed by atoms with Crippen LogP contribution in [0.3, 0.4) is 0 Å². The minimum absolute atomic E-state index is 0.00703. The Morgan fingerprint density at radius 1 is 1.17 bits per heavy atom. The summed E-state index contributed by atoms with van der Waals surface area (Å²) in [6.45, 7) is 5.98. The van der Waals surface area contributed by atoms with Gasteiger partial charge in [0.15, 0.2) is 0 Å². The fraction of sp³-hybridized carbons (Fsp3) is 0.556. The van der Waals surface area contributed by atoms with Gasteiger partial charge < -0.3 is 15.4 Å². The van der Waals surface area contributed by atoms with Gasteiger partial charge in [0.2, 0.25) is 5.91 Å². The summed E-state index contributed by atoms with van der Waals surface area (Å²) in [4.78, 5) is 24.3. The van der Waals surface area contributed by atoms with Gasteiger partial charge in [-0.2, -0.15) is 0 Å². The molecule has 1 fully saturated rings. The fourth-order valence-electron chi connectivity index (χ4n) is 2.82. The Bertz CT molecular complexity index is 537. The molecule has 5 nitrogen and oxygen atoms in total. The zero-order valence-electron chi connectivity index (χ0n) is 14.1. The maximum atomic E-state index is 12.4. The fourth-order valence-corrected chi connectivity index (χ4v) is 2.82. The second-order valence-corrected chi connectivity index (χ2v) is 6.99. The molecule has 0 heterocycles. The van der Waals surface area contributed by atoms with Crippen molar-refractivity contribution in [1.29, 1.82) is 0 Å². The third-order valence-corrected chi connectivity index (χ3v) is 3.86. The average Bonchev–Trinajstić information content (AvgIpc) is 2.92. The topological polar surface area (TPSA) is 67.4 Å².